The largest absolute Gasteiger partial charge is 0.352 e. The molecule has 1 atom stereocenters. The lowest BCUT2D eigenvalue weighted by atomic mass is 10.0. The van der Waals surface area contributed by atoms with E-state index in [0.29, 0.717) is 18.5 Å². The second-order valence-corrected chi connectivity index (χ2v) is 5.56. The summed E-state index contributed by atoms with van der Waals surface area (Å²) < 4.78 is 0. The first-order valence-electron chi connectivity index (χ1n) is 6.85. The van der Waals surface area contributed by atoms with Gasteiger partial charge in [0, 0.05) is 24.7 Å². The van der Waals surface area contributed by atoms with Crippen molar-refractivity contribution in [2.24, 2.45) is 11.7 Å². The first kappa shape index (κ1) is 13.3. The van der Waals surface area contributed by atoms with Crippen LogP contribution in [0, 0.1) is 19.8 Å². The van der Waals surface area contributed by atoms with Crippen LogP contribution in [0.15, 0.2) is 0 Å². The van der Waals surface area contributed by atoms with Crippen LogP contribution in [0.25, 0.3) is 0 Å². The first-order valence-corrected chi connectivity index (χ1v) is 6.85. The van der Waals surface area contributed by atoms with Crippen LogP contribution in [-0.2, 0) is 6.54 Å². The summed E-state index contributed by atoms with van der Waals surface area (Å²) in [7, 11) is 0. The third kappa shape index (κ3) is 2.21. The Kier molecular flexibility index (Phi) is 3.85. The predicted octanol–water partition coefficient (Wildman–Crippen LogP) is 2.18. The van der Waals surface area contributed by atoms with E-state index in [1.165, 1.54) is 18.4 Å². The van der Waals surface area contributed by atoms with Crippen LogP contribution in [0.1, 0.15) is 43.5 Å². The smallest absolute Gasteiger partial charge is 0.156 e. The average molecular weight is 248 g/mol. The van der Waals surface area contributed by atoms with Crippen LogP contribution in [0.5, 0.6) is 0 Å². The summed E-state index contributed by atoms with van der Waals surface area (Å²) >= 11 is 0. The van der Waals surface area contributed by atoms with Crippen molar-refractivity contribution < 1.29 is 0 Å². The van der Waals surface area contributed by atoms with Crippen molar-refractivity contribution in [3.63, 3.8) is 0 Å². The molecule has 0 saturated carbocycles. The summed E-state index contributed by atoms with van der Waals surface area (Å²) in [6.45, 7) is 10.3. The maximum atomic E-state index is 5.92. The molecular formula is C14H24N4. The Labute approximate surface area is 110 Å². The number of hydrogen-bond donors (Lipinski definition) is 1. The molecule has 1 aromatic heterocycles. The number of hydrogen-bond acceptors (Lipinski definition) is 4. The number of aromatic nitrogens is 2. The highest BCUT2D eigenvalue weighted by molar-refractivity contribution is 5.52. The molecule has 1 fully saturated rings. The molecule has 4 nitrogen and oxygen atoms in total. The van der Waals surface area contributed by atoms with Crippen molar-refractivity contribution in [2.45, 2.75) is 53.1 Å². The molecule has 2 rings (SSSR count). The number of anilines is 1. The predicted molar refractivity (Wildman–Crippen MR) is 74.6 cm³/mol. The topological polar surface area (TPSA) is 55.0 Å². The maximum Gasteiger partial charge on any atom is 0.156 e. The van der Waals surface area contributed by atoms with E-state index in [2.05, 4.69) is 35.9 Å². The minimum atomic E-state index is 0.541. The van der Waals surface area contributed by atoms with Crippen LogP contribution >= 0.6 is 0 Å². The minimum absolute atomic E-state index is 0.541. The molecule has 0 bridgehead atoms. The monoisotopic (exact) mass is 248 g/mol. The van der Waals surface area contributed by atoms with Crippen molar-refractivity contribution in [3.05, 3.63) is 16.8 Å². The fourth-order valence-electron chi connectivity index (χ4n) is 2.87. The lowest BCUT2D eigenvalue weighted by molar-refractivity contribution is 0.487. The van der Waals surface area contributed by atoms with Crippen molar-refractivity contribution in [1.82, 2.24) is 10.2 Å². The van der Waals surface area contributed by atoms with Crippen LogP contribution in [0.3, 0.4) is 0 Å². The van der Waals surface area contributed by atoms with Crippen molar-refractivity contribution in [2.75, 3.05) is 11.4 Å². The summed E-state index contributed by atoms with van der Waals surface area (Å²) in [5, 5.41) is 8.70. The van der Waals surface area contributed by atoms with E-state index in [4.69, 9.17) is 5.73 Å². The summed E-state index contributed by atoms with van der Waals surface area (Å²) in [4.78, 5) is 2.41. The van der Waals surface area contributed by atoms with Crippen molar-refractivity contribution in [1.29, 1.82) is 0 Å². The summed E-state index contributed by atoms with van der Waals surface area (Å²) in [6, 6.07) is 0.576. The van der Waals surface area contributed by atoms with Crippen LogP contribution in [0.2, 0.25) is 0 Å². The average Bonchev–Trinajstić information content (AvgIpc) is 2.81. The second kappa shape index (κ2) is 5.22. The van der Waals surface area contributed by atoms with Crippen LogP contribution < -0.4 is 10.6 Å². The first-order chi connectivity index (χ1) is 8.56. The van der Waals surface area contributed by atoms with E-state index in [0.717, 1.165) is 23.6 Å². The third-order valence-corrected chi connectivity index (χ3v) is 4.10. The highest BCUT2D eigenvalue weighted by Crippen LogP contribution is 2.31. The summed E-state index contributed by atoms with van der Waals surface area (Å²) in [6.07, 6.45) is 2.48. The molecule has 0 spiro atoms. The fourth-order valence-corrected chi connectivity index (χ4v) is 2.87. The standard InChI is InChI=1S/C14H24N4/c1-9(2)13-6-5-7-18(13)14-12(8-15)10(3)11(4)16-17-14/h9,13H,5-8,15H2,1-4H3. The second-order valence-electron chi connectivity index (χ2n) is 5.56. The Bertz CT molecular complexity index is 428. The Morgan fingerprint density at radius 3 is 2.67 bits per heavy atom. The molecular weight excluding hydrogens is 224 g/mol. The van der Waals surface area contributed by atoms with Crippen LogP contribution in [0.4, 0.5) is 5.82 Å². The zero-order valence-electron chi connectivity index (χ0n) is 11.9. The summed E-state index contributed by atoms with van der Waals surface area (Å²) in [5.74, 6) is 1.65. The van der Waals surface area contributed by atoms with Gasteiger partial charge in [0.25, 0.3) is 0 Å². The van der Waals surface area contributed by atoms with Gasteiger partial charge in [0.15, 0.2) is 5.82 Å². The Morgan fingerprint density at radius 2 is 2.06 bits per heavy atom. The van der Waals surface area contributed by atoms with Gasteiger partial charge in [-0.1, -0.05) is 13.8 Å². The number of nitrogens with zero attached hydrogens (tertiary/aromatic N) is 3. The molecule has 1 aliphatic heterocycles. The Morgan fingerprint density at radius 1 is 1.33 bits per heavy atom. The minimum Gasteiger partial charge on any atom is -0.352 e. The van der Waals surface area contributed by atoms with E-state index in [1.807, 2.05) is 6.92 Å². The van der Waals surface area contributed by atoms with Gasteiger partial charge in [-0.05, 0) is 38.2 Å². The van der Waals surface area contributed by atoms with E-state index >= 15 is 0 Å². The molecule has 2 heterocycles. The normalized spacial score (nSPS) is 19.9. The molecule has 1 aromatic rings. The van der Waals surface area contributed by atoms with Gasteiger partial charge in [0.05, 0.1) is 5.69 Å². The van der Waals surface area contributed by atoms with Crippen LogP contribution in [-0.4, -0.2) is 22.8 Å². The summed E-state index contributed by atoms with van der Waals surface area (Å²) in [5.41, 5.74) is 9.25. The maximum absolute atomic E-state index is 5.92. The van der Waals surface area contributed by atoms with Gasteiger partial charge in [0.2, 0.25) is 0 Å². The molecule has 18 heavy (non-hydrogen) atoms. The van der Waals surface area contributed by atoms with Gasteiger partial charge in [-0.15, -0.1) is 5.10 Å². The lowest BCUT2D eigenvalue weighted by Gasteiger charge is -2.30. The molecule has 1 unspecified atom stereocenters. The molecule has 1 aliphatic rings. The molecule has 2 N–H and O–H groups in total. The van der Waals surface area contributed by atoms with E-state index in [-0.39, 0.29) is 0 Å². The van der Waals surface area contributed by atoms with E-state index in [9.17, 15) is 0 Å². The SMILES string of the molecule is Cc1nnc(N2CCCC2C(C)C)c(CN)c1C. The van der Waals surface area contributed by atoms with Crippen molar-refractivity contribution in [3.8, 4) is 0 Å². The van der Waals surface area contributed by atoms with Gasteiger partial charge in [0.1, 0.15) is 0 Å². The Hall–Kier alpha value is -1.16. The Balaban J connectivity index is 2.41. The number of nitrogens with two attached hydrogens (primary N) is 1. The fraction of sp³-hybridized carbons (Fsp3) is 0.714. The van der Waals surface area contributed by atoms with Gasteiger partial charge in [-0.25, -0.2) is 0 Å². The molecule has 0 radical (unpaired) electrons. The third-order valence-electron chi connectivity index (χ3n) is 4.10. The van der Waals surface area contributed by atoms with Gasteiger partial charge in [-0.2, -0.15) is 5.10 Å². The van der Waals surface area contributed by atoms with E-state index in [1.54, 1.807) is 0 Å². The highest BCUT2D eigenvalue weighted by atomic mass is 15.3. The highest BCUT2D eigenvalue weighted by Gasteiger charge is 2.30. The molecule has 0 amide bonds. The molecule has 0 aliphatic carbocycles. The lowest BCUT2D eigenvalue weighted by Crippen LogP contribution is -2.35. The number of rotatable bonds is 3. The number of aryl methyl sites for hydroxylation is 1. The molecule has 4 heteroatoms. The van der Waals surface area contributed by atoms with Gasteiger partial charge < -0.3 is 10.6 Å². The molecule has 100 valence electrons. The molecule has 0 aromatic carbocycles. The van der Waals surface area contributed by atoms with Crippen molar-refractivity contribution >= 4 is 5.82 Å². The molecule has 1 saturated heterocycles. The van der Waals surface area contributed by atoms with Gasteiger partial charge >= 0.3 is 0 Å². The zero-order valence-corrected chi connectivity index (χ0v) is 11.9. The van der Waals surface area contributed by atoms with Gasteiger partial charge in [-0.3, -0.25) is 0 Å². The van der Waals surface area contributed by atoms with E-state index < -0.39 is 0 Å². The quantitative estimate of drug-likeness (QED) is 0.890. The zero-order chi connectivity index (χ0) is 13.3.